The zero-order valence-corrected chi connectivity index (χ0v) is 12.1. The molecule has 0 radical (unpaired) electrons. The largest absolute Gasteiger partial charge is 0.508 e. The van der Waals surface area contributed by atoms with Gasteiger partial charge in [-0.15, -0.1) is 0 Å². The van der Waals surface area contributed by atoms with Crippen molar-refractivity contribution >= 4 is 5.91 Å². The molecular weight excluding hydrogens is 278 g/mol. The first-order valence-corrected chi connectivity index (χ1v) is 7.23. The Bertz CT molecular complexity index is 681. The number of allylic oxidation sites excluding steroid dienone is 4. The second kappa shape index (κ2) is 6.35. The van der Waals surface area contributed by atoms with Crippen LogP contribution in [-0.4, -0.2) is 15.9 Å². The summed E-state index contributed by atoms with van der Waals surface area (Å²) in [6.07, 6.45) is 13.9. The lowest BCUT2D eigenvalue weighted by atomic mass is 10.0. The minimum atomic E-state index is -0.158. The Morgan fingerprint density at radius 1 is 1.27 bits per heavy atom. The van der Waals surface area contributed by atoms with Crippen molar-refractivity contribution in [3.63, 3.8) is 0 Å². The van der Waals surface area contributed by atoms with E-state index in [0.29, 0.717) is 12.0 Å². The van der Waals surface area contributed by atoms with E-state index in [2.05, 4.69) is 18.2 Å². The fourth-order valence-electron chi connectivity index (χ4n) is 2.40. The minimum absolute atomic E-state index is 0.141. The molecule has 2 aliphatic rings. The molecule has 0 spiro atoms. The maximum absolute atomic E-state index is 12.4. The number of benzene rings is 1. The van der Waals surface area contributed by atoms with Crippen LogP contribution in [0.5, 0.6) is 5.75 Å². The predicted octanol–water partition coefficient (Wildman–Crippen LogP) is 3.84. The summed E-state index contributed by atoms with van der Waals surface area (Å²) in [5, 5.41) is 9.29. The number of nitrogens with zero attached hydrogens (tertiary/aromatic N) is 1. The number of phenolic OH excluding ortho intramolecular Hbond substituents is 1. The third-order valence-corrected chi connectivity index (χ3v) is 3.57. The Morgan fingerprint density at radius 3 is 2.82 bits per heavy atom. The third kappa shape index (κ3) is 3.28. The molecule has 0 aromatic heterocycles. The van der Waals surface area contributed by atoms with E-state index in [9.17, 15) is 9.90 Å². The molecule has 0 saturated heterocycles. The molecule has 112 valence electrons. The Hall–Kier alpha value is -2.75. The molecule has 0 unspecified atom stereocenters. The van der Waals surface area contributed by atoms with Gasteiger partial charge in [0.1, 0.15) is 17.8 Å². The predicted molar refractivity (Wildman–Crippen MR) is 83.7 cm³/mol. The summed E-state index contributed by atoms with van der Waals surface area (Å²) < 4.78 is 5.50. The summed E-state index contributed by atoms with van der Waals surface area (Å²) in [5.41, 5.74) is 1.81. The van der Waals surface area contributed by atoms with E-state index >= 15 is 0 Å². The van der Waals surface area contributed by atoms with E-state index in [0.717, 1.165) is 18.6 Å². The smallest absolute Gasteiger partial charge is 0.262 e. The van der Waals surface area contributed by atoms with Crippen LogP contribution in [0.3, 0.4) is 0 Å². The van der Waals surface area contributed by atoms with E-state index in [1.165, 1.54) is 28.9 Å². The number of ether oxygens (including phenoxy) is 1. The van der Waals surface area contributed by atoms with E-state index in [1.54, 1.807) is 24.5 Å². The first kappa shape index (κ1) is 14.2. The zero-order valence-electron chi connectivity index (χ0n) is 12.1. The lowest BCUT2D eigenvalue weighted by Gasteiger charge is -2.21. The van der Waals surface area contributed by atoms with Gasteiger partial charge in [-0.1, -0.05) is 23.8 Å². The van der Waals surface area contributed by atoms with Gasteiger partial charge < -0.3 is 9.84 Å². The van der Waals surface area contributed by atoms with E-state index < -0.39 is 0 Å². The van der Waals surface area contributed by atoms with Crippen molar-refractivity contribution in [1.29, 1.82) is 0 Å². The molecule has 0 atom stereocenters. The number of rotatable bonds is 3. The van der Waals surface area contributed by atoms with Gasteiger partial charge >= 0.3 is 0 Å². The van der Waals surface area contributed by atoms with Gasteiger partial charge in [-0.2, -0.15) is 0 Å². The molecule has 1 amide bonds. The van der Waals surface area contributed by atoms with Crippen LogP contribution >= 0.6 is 0 Å². The molecule has 0 bridgehead atoms. The summed E-state index contributed by atoms with van der Waals surface area (Å²) in [5.74, 6) is 0.730. The van der Waals surface area contributed by atoms with Crippen LogP contribution in [0.25, 0.3) is 0 Å². The molecule has 1 N–H and O–H groups in total. The molecule has 4 heteroatoms. The Labute approximate surface area is 129 Å². The first-order valence-electron chi connectivity index (χ1n) is 7.23. The van der Waals surface area contributed by atoms with Gasteiger partial charge in [-0.3, -0.25) is 9.69 Å². The molecule has 22 heavy (non-hydrogen) atoms. The molecule has 1 aliphatic heterocycles. The summed E-state index contributed by atoms with van der Waals surface area (Å²) in [6, 6.07) is 6.20. The van der Waals surface area contributed by atoms with Crippen molar-refractivity contribution in [1.82, 2.24) is 4.90 Å². The van der Waals surface area contributed by atoms with E-state index in [-0.39, 0.29) is 11.7 Å². The number of hydrogen-bond donors (Lipinski definition) is 1. The van der Waals surface area contributed by atoms with E-state index in [1.807, 2.05) is 0 Å². The van der Waals surface area contributed by atoms with Crippen LogP contribution in [0, 0.1) is 0 Å². The summed E-state index contributed by atoms with van der Waals surface area (Å²) in [6.45, 7) is 0. The molecule has 1 heterocycles. The highest BCUT2D eigenvalue weighted by molar-refractivity contribution is 5.95. The van der Waals surface area contributed by atoms with Crippen molar-refractivity contribution in [2.75, 3.05) is 0 Å². The van der Waals surface area contributed by atoms with Gasteiger partial charge in [-0.25, -0.2) is 0 Å². The molecule has 0 fully saturated rings. The Kier molecular flexibility index (Phi) is 4.10. The number of phenols is 1. The van der Waals surface area contributed by atoms with Crippen molar-refractivity contribution in [2.24, 2.45) is 0 Å². The zero-order chi connectivity index (χ0) is 15.4. The molecule has 1 aliphatic carbocycles. The molecule has 1 aromatic rings. The summed E-state index contributed by atoms with van der Waals surface area (Å²) in [7, 11) is 0. The van der Waals surface area contributed by atoms with Crippen molar-refractivity contribution < 1.29 is 14.6 Å². The standard InChI is InChI=1S/C18H17NO3/c20-16-8-6-15(7-9-16)18(21)19-10-11-22-17(13-19)12-14-4-2-1-3-5-14/h1-2,4,6-11,13,20H,3,5,12H2. The average molecular weight is 295 g/mol. The van der Waals surface area contributed by atoms with Gasteiger partial charge in [0.2, 0.25) is 0 Å². The highest BCUT2D eigenvalue weighted by atomic mass is 16.5. The quantitative estimate of drug-likeness (QED) is 0.921. The van der Waals surface area contributed by atoms with Crippen LogP contribution in [-0.2, 0) is 4.74 Å². The average Bonchev–Trinajstić information content (AvgIpc) is 2.56. The van der Waals surface area contributed by atoms with Crippen LogP contribution < -0.4 is 0 Å². The lowest BCUT2D eigenvalue weighted by Crippen LogP contribution is -2.22. The fraction of sp³-hybridized carbons (Fsp3) is 0.167. The minimum Gasteiger partial charge on any atom is -0.508 e. The maximum Gasteiger partial charge on any atom is 0.262 e. The number of carbonyl (C=O) groups is 1. The number of amides is 1. The topological polar surface area (TPSA) is 49.8 Å². The molecule has 3 rings (SSSR count). The highest BCUT2D eigenvalue weighted by Gasteiger charge is 2.16. The Morgan fingerprint density at radius 2 is 2.09 bits per heavy atom. The van der Waals surface area contributed by atoms with Gasteiger partial charge in [0, 0.05) is 18.2 Å². The monoisotopic (exact) mass is 295 g/mol. The second-order valence-corrected chi connectivity index (χ2v) is 5.23. The molecular formula is C18H17NO3. The van der Waals surface area contributed by atoms with E-state index in [4.69, 9.17) is 4.74 Å². The molecule has 0 saturated carbocycles. The Balaban J connectivity index is 1.73. The van der Waals surface area contributed by atoms with Crippen LogP contribution in [0.15, 0.2) is 72.5 Å². The van der Waals surface area contributed by atoms with Gasteiger partial charge in [0.25, 0.3) is 5.91 Å². The highest BCUT2D eigenvalue weighted by Crippen LogP contribution is 2.24. The van der Waals surface area contributed by atoms with Gasteiger partial charge in [-0.05, 0) is 37.1 Å². The normalized spacial score (nSPS) is 16.8. The fourth-order valence-corrected chi connectivity index (χ4v) is 2.40. The van der Waals surface area contributed by atoms with Crippen LogP contribution in [0.4, 0.5) is 0 Å². The van der Waals surface area contributed by atoms with Crippen molar-refractivity contribution in [2.45, 2.75) is 19.3 Å². The second-order valence-electron chi connectivity index (χ2n) is 5.23. The van der Waals surface area contributed by atoms with Crippen molar-refractivity contribution in [3.8, 4) is 5.75 Å². The van der Waals surface area contributed by atoms with Crippen LogP contribution in [0.1, 0.15) is 29.6 Å². The SMILES string of the molecule is O=C(c1ccc(O)cc1)N1C=COC(CC2=CC=CCC2)=C1. The molecule has 4 nitrogen and oxygen atoms in total. The lowest BCUT2D eigenvalue weighted by molar-refractivity contribution is 0.0854. The number of hydrogen-bond acceptors (Lipinski definition) is 3. The van der Waals surface area contributed by atoms with Gasteiger partial charge in [0.05, 0.1) is 6.20 Å². The number of aromatic hydroxyl groups is 1. The summed E-state index contributed by atoms with van der Waals surface area (Å²) >= 11 is 0. The number of carbonyl (C=O) groups excluding carboxylic acids is 1. The van der Waals surface area contributed by atoms with Crippen molar-refractivity contribution in [3.05, 3.63) is 78.1 Å². The first-order chi connectivity index (χ1) is 10.7. The van der Waals surface area contributed by atoms with Crippen LogP contribution in [0.2, 0.25) is 0 Å². The summed E-state index contributed by atoms with van der Waals surface area (Å²) in [4.78, 5) is 13.9. The van der Waals surface area contributed by atoms with Gasteiger partial charge in [0.15, 0.2) is 0 Å². The molecule has 1 aromatic carbocycles. The maximum atomic E-state index is 12.4. The third-order valence-electron chi connectivity index (χ3n) is 3.57.